The molecular weight excluding hydrogens is 334 g/mol. The molecule has 134 valence electrons. The Bertz CT molecular complexity index is 923. The van der Waals surface area contributed by atoms with Crippen LogP contribution in [-0.4, -0.2) is 39.8 Å². The van der Waals surface area contributed by atoms with Crippen LogP contribution in [0.25, 0.3) is 11.4 Å². The highest BCUT2D eigenvalue weighted by Gasteiger charge is 2.12. The fourth-order valence-corrected chi connectivity index (χ4v) is 2.50. The third-order valence-corrected chi connectivity index (χ3v) is 3.72. The molecule has 0 atom stereocenters. The van der Waals surface area contributed by atoms with Gasteiger partial charge in [-0.25, -0.2) is 4.68 Å². The Morgan fingerprint density at radius 3 is 2.73 bits per heavy atom. The van der Waals surface area contributed by atoms with Crippen LogP contribution in [0.3, 0.4) is 0 Å². The molecule has 0 radical (unpaired) electrons. The summed E-state index contributed by atoms with van der Waals surface area (Å²) in [7, 11) is 3.30. The van der Waals surface area contributed by atoms with Crippen LogP contribution >= 0.6 is 0 Å². The average molecular weight is 353 g/mol. The number of carbonyl (C=O) groups excluding carboxylic acids is 1. The quantitative estimate of drug-likeness (QED) is 0.732. The molecule has 0 aliphatic rings. The Kier molecular flexibility index (Phi) is 5.12. The van der Waals surface area contributed by atoms with E-state index < -0.39 is 0 Å². The Labute approximate surface area is 150 Å². The second kappa shape index (κ2) is 7.64. The number of hydrogen-bond donors (Lipinski definition) is 1. The van der Waals surface area contributed by atoms with E-state index in [1.54, 1.807) is 36.0 Å². The van der Waals surface area contributed by atoms with E-state index in [0.717, 1.165) is 5.56 Å². The molecule has 1 heterocycles. The van der Waals surface area contributed by atoms with Gasteiger partial charge in [-0.3, -0.25) is 4.79 Å². The second-order valence-corrected chi connectivity index (χ2v) is 5.46. The number of tetrazole rings is 1. The fourth-order valence-electron chi connectivity index (χ4n) is 2.50. The van der Waals surface area contributed by atoms with Crippen molar-refractivity contribution in [2.24, 2.45) is 7.05 Å². The molecule has 0 saturated carbocycles. The summed E-state index contributed by atoms with van der Waals surface area (Å²) in [4.78, 5) is 12.6. The van der Waals surface area contributed by atoms with Gasteiger partial charge in [0.2, 0.25) is 0 Å². The summed E-state index contributed by atoms with van der Waals surface area (Å²) in [6, 6.07) is 12.4. The third kappa shape index (κ3) is 3.64. The second-order valence-electron chi connectivity index (χ2n) is 5.46. The van der Waals surface area contributed by atoms with Crippen LogP contribution in [0.5, 0.6) is 11.5 Å². The standard InChI is InChI=1S/C18H19N5O3/c1-4-26-15-9-8-13(11-16(15)25-3)18(24)19-14-7-5-6-12(10-14)17-20-21-22-23(17)2/h5-11H,4H2,1-3H3,(H,19,24). The monoisotopic (exact) mass is 353 g/mol. The lowest BCUT2D eigenvalue weighted by Gasteiger charge is -2.11. The van der Waals surface area contributed by atoms with Gasteiger partial charge < -0.3 is 14.8 Å². The first-order valence-corrected chi connectivity index (χ1v) is 8.07. The SMILES string of the molecule is CCOc1ccc(C(=O)Nc2cccc(-c3nnnn3C)c2)cc1OC. The smallest absolute Gasteiger partial charge is 0.255 e. The topological polar surface area (TPSA) is 91.2 Å². The number of hydrogen-bond acceptors (Lipinski definition) is 6. The number of ether oxygens (including phenoxy) is 2. The summed E-state index contributed by atoms with van der Waals surface area (Å²) in [5.74, 6) is 1.48. The number of nitrogens with zero attached hydrogens (tertiary/aromatic N) is 4. The molecule has 0 spiro atoms. The van der Waals surface area contributed by atoms with Crippen LogP contribution in [0.2, 0.25) is 0 Å². The number of amides is 1. The number of aromatic nitrogens is 4. The zero-order valence-electron chi connectivity index (χ0n) is 14.8. The molecule has 0 fully saturated rings. The number of aryl methyl sites for hydroxylation is 1. The van der Waals surface area contributed by atoms with Gasteiger partial charge in [-0.2, -0.15) is 0 Å². The lowest BCUT2D eigenvalue weighted by molar-refractivity contribution is 0.102. The van der Waals surface area contributed by atoms with E-state index in [9.17, 15) is 4.79 Å². The van der Waals surface area contributed by atoms with E-state index in [4.69, 9.17) is 9.47 Å². The predicted molar refractivity (Wildman–Crippen MR) is 96.4 cm³/mol. The maximum atomic E-state index is 12.6. The average Bonchev–Trinajstić information content (AvgIpc) is 3.08. The van der Waals surface area contributed by atoms with Crippen molar-refractivity contribution in [2.75, 3.05) is 19.0 Å². The van der Waals surface area contributed by atoms with Gasteiger partial charge >= 0.3 is 0 Å². The molecule has 1 amide bonds. The summed E-state index contributed by atoms with van der Waals surface area (Å²) >= 11 is 0. The highest BCUT2D eigenvalue weighted by Crippen LogP contribution is 2.28. The van der Waals surface area contributed by atoms with Crippen LogP contribution in [0.4, 0.5) is 5.69 Å². The van der Waals surface area contributed by atoms with Crippen molar-refractivity contribution in [3.8, 4) is 22.9 Å². The van der Waals surface area contributed by atoms with Crippen LogP contribution in [0.15, 0.2) is 42.5 Å². The molecule has 3 rings (SSSR count). The molecule has 0 bridgehead atoms. The van der Waals surface area contributed by atoms with Gasteiger partial charge in [-0.15, -0.1) is 5.10 Å². The van der Waals surface area contributed by atoms with E-state index in [1.165, 1.54) is 7.11 Å². The summed E-state index contributed by atoms with van der Waals surface area (Å²) < 4.78 is 12.3. The summed E-state index contributed by atoms with van der Waals surface area (Å²) in [5.41, 5.74) is 1.92. The van der Waals surface area contributed by atoms with E-state index >= 15 is 0 Å². The van der Waals surface area contributed by atoms with Crippen molar-refractivity contribution >= 4 is 11.6 Å². The molecule has 1 N–H and O–H groups in total. The maximum Gasteiger partial charge on any atom is 0.255 e. The van der Waals surface area contributed by atoms with Gasteiger partial charge in [0, 0.05) is 23.9 Å². The number of methoxy groups -OCH3 is 1. The summed E-state index contributed by atoms with van der Waals surface area (Å²) in [5, 5.41) is 14.3. The number of anilines is 1. The highest BCUT2D eigenvalue weighted by molar-refractivity contribution is 6.04. The van der Waals surface area contributed by atoms with Crippen molar-refractivity contribution < 1.29 is 14.3 Å². The van der Waals surface area contributed by atoms with Gasteiger partial charge in [0.05, 0.1) is 13.7 Å². The molecule has 2 aromatic carbocycles. The first kappa shape index (κ1) is 17.4. The number of benzene rings is 2. The molecule has 0 saturated heterocycles. The van der Waals surface area contributed by atoms with Crippen LogP contribution in [-0.2, 0) is 7.05 Å². The molecule has 8 nitrogen and oxygen atoms in total. The summed E-state index contributed by atoms with van der Waals surface area (Å²) in [6.45, 7) is 2.41. The zero-order valence-corrected chi connectivity index (χ0v) is 14.8. The predicted octanol–water partition coefficient (Wildman–Crippen LogP) is 2.54. The fraction of sp³-hybridized carbons (Fsp3) is 0.222. The molecule has 8 heteroatoms. The molecule has 26 heavy (non-hydrogen) atoms. The van der Waals surface area contributed by atoms with Crippen molar-refractivity contribution in [1.82, 2.24) is 20.2 Å². The van der Waals surface area contributed by atoms with Gasteiger partial charge in [0.1, 0.15) is 0 Å². The lowest BCUT2D eigenvalue weighted by atomic mass is 10.1. The number of carbonyl (C=O) groups is 1. The van der Waals surface area contributed by atoms with E-state index in [-0.39, 0.29) is 5.91 Å². The molecule has 3 aromatic rings. The van der Waals surface area contributed by atoms with Crippen LogP contribution in [0, 0.1) is 0 Å². The Balaban J connectivity index is 1.81. The van der Waals surface area contributed by atoms with Crippen LogP contribution < -0.4 is 14.8 Å². The number of rotatable bonds is 6. The molecule has 1 aromatic heterocycles. The van der Waals surface area contributed by atoms with E-state index in [2.05, 4.69) is 20.8 Å². The Morgan fingerprint density at radius 1 is 1.19 bits per heavy atom. The van der Waals surface area contributed by atoms with E-state index in [0.29, 0.717) is 35.2 Å². The minimum atomic E-state index is -0.250. The number of nitrogens with one attached hydrogen (secondary N) is 1. The van der Waals surface area contributed by atoms with E-state index in [1.807, 2.05) is 25.1 Å². The van der Waals surface area contributed by atoms with Crippen LogP contribution in [0.1, 0.15) is 17.3 Å². The van der Waals surface area contributed by atoms with Crippen molar-refractivity contribution in [1.29, 1.82) is 0 Å². The molecular formula is C18H19N5O3. The van der Waals surface area contributed by atoms with Crippen molar-refractivity contribution in [2.45, 2.75) is 6.92 Å². The van der Waals surface area contributed by atoms with Gasteiger partial charge in [0.25, 0.3) is 5.91 Å². The Hall–Kier alpha value is -3.42. The van der Waals surface area contributed by atoms with Gasteiger partial charge in [0.15, 0.2) is 17.3 Å². The van der Waals surface area contributed by atoms with Gasteiger partial charge in [-0.1, -0.05) is 12.1 Å². The van der Waals surface area contributed by atoms with Crippen molar-refractivity contribution in [3.63, 3.8) is 0 Å². The Morgan fingerprint density at radius 2 is 2.04 bits per heavy atom. The molecule has 0 unspecified atom stereocenters. The zero-order chi connectivity index (χ0) is 18.5. The van der Waals surface area contributed by atoms with Gasteiger partial charge in [-0.05, 0) is 47.7 Å². The summed E-state index contributed by atoms with van der Waals surface area (Å²) in [6.07, 6.45) is 0. The van der Waals surface area contributed by atoms with Crippen molar-refractivity contribution in [3.05, 3.63) is 48.0 Å². The molecule has 0 aliphatic heterocycles. The first-order chi connectivity index (χ1) is 12.6. The third-order valence-electron chi connectivity index (χ3n) is 3.72. The maximum absolute atomic E-state index is 12.6. The highest BCUT2D eigenvalue weighted by atomic mass is 16.5. The lowest BCUT2D eigenvalue weighted by Crippen LogP contribution is -2.12. The minimum Gasteiger partial charge on any atom is -0.493 e. The first-order valence-electron chi connectivity index (χ1n) is 8.07. The normalized spacial score (nSPS) is 10.4. The minimum absolute atomic E-state index is 0.250. The molecule has 0 aliphatic carbocycles. The largest absolute Gasteiger partial charge is 0.493 e.